The largest absolute Gasteiger partial charge is 0.394 e. The van der Waals surface area contributed by atoms with Crippen molar-refractivity contribution >= 4 is 17.5 Å². The van der Waals surface area contributed by atoms with E-state index < -0.39 is 0 Å². The number of aliphatic hydroxyl groups is 1. The van der Waals surface area contributed by atoms with E-state index in [4.69, 9.17) is 21.4 Å². The number of halogens is 1. The molecular weight excluding hydrogens is 278 g/mol. The zero-order valence-electron chi connectivity index (χ0n) is 11.9. The molecule has 0 aliphatic heterocycles. The molecule has 0 fully saturated rings. The van der Waals surface area contributed by atoms with Gasteiger partial charge in [-0.3, -0.25) is 4.79 Å². The number of carbonyl (C=O) groups is 1. The predicted octanol–water partition coefficient (Wildman–Crippen LogP) is 2.20. The summed E-state index contributed by atoms with van der Waals surface area (Å²) in [5.41, 5.74) is 0.957. The Kier molecular flexibility index (Phi) is 7.59. The third kappa shape index (κ3) is 5.49. The van der Waals surface area contributed by atoms with E-state index in [9.17, 15) is 4.79 Å². The van der Waals surface area contributed by atoms with Crippen LogP contribution in [-0.2, 0) is 9.53 Å². The molecule has 1 aromatic carbocycles. The van der Waals surface area contributed by atoms with E-state index in [2.05, 4.69) is 5.32 Å². The average molecular weight is 300 g/mol. The van der Waals surface area contributed by atoms with Crippen molar-refractivity contribution in [2.45, 2.75) is 19.8 Å². The molecule has 0 radical (unpaired) electrons. The van der Waals surface area contributed by atoms with Gasteiger partial charge in [0, 0.05) is 11.6 Å². The van der Waals surface area contributed by atoms with Crippen molar-refractivity contribution in [1.29, 1.82) is 0 Å². The first-order valence-electron chi connectivity index (χ1n) is 6.78. The van der Waals surface area contributed by atoms with Crippen molar-refractivity contribution in [1.82, 2.24) is 5.32 Å². The van der Waals surface area contributed by atoms with Crippen molar-refractivity contribution in [3.05, 3.63) is 34.9 Å². The van der Waals surface area contributed by atoms with Crippen LogP contribution in [0.15, 0.2) is 24.3 Å². The summed E-state index contributed by atoms with van der Waals surface area (Å²) in [6.45, 7) is 5.16. The fraction of sp³-hybridized carbons (Fsp3) is 0.533. The molecule has 0 bridgehead atoms. The Morgan fingerprint density at radius 3 is 2.50 bits per heavy atom. The van der Waals surface area contributed by atoms with Gasteiger partial charge in [-0.2, -0.15) is 0 Å². The summed E-state index contributed by atoms with van der Waals surface area (Å²) in [4.78, 5) is 12.3. The number of amides is 1. The Hall–Kier alpha value is -1.10. The Labute approximate surface area is 125 Å². The molecule has 4 nitrogen and oxygen atoms in total. The van der Waals surface area contributed by atoms with Gasteiger partial charge in [-0.05, 0) is 23.6 Å². The standard InChI is InChI=1S/C15H22ClNO3/c1-11(2)14(12-3-5-13(16)6-4-12)15(19)17-7-9-20-10-8-18/h3-6,11,14,18H,7-10H2,1-2H3,(H,17,19). The first-order valence-corrected chi connectivity index (χ1v) is 7.15. The second-order valence-electron chi connectivity index (χ2n) is 4.90. The molecule has 20 heavy (non-hydrogen) atoms. The highest BCUT2D eigenvalue weighted by atomic mass is 35.5. The Morgan fingerprint density at radius 1 is 1.30 bits per heavy atom. The van der Waals surface area contributed by atoms with Crippen LogP contribution in [0, 0.1) is 5.92 Å². The molecule has 2 N–H and O–H groups in total. The van der Waals surface area contributed by atoms with Crippen LogP contribution in [0.5, 0.6) is 0 Å². The van der Waals surface area contributed by atoms with Gasteiger partial charge in [0.25, 0.3) is 0 Å². The van der Waals surface area contributed by atoms with E-state index in [1.54, 1.807) is 12.1 Å². The minimum absolute atomic E-state index is 0.00661. The van der Waals surface area contributed by atoms with Gasteiger partial charge in [0.15, 0.2) is 0 Å². The third-order valence-corrected chi connectivity index (χ3v) is 3.21. The highest BCUT2D eigenvalue weighted by Gasteiger charge is 2.23. The van der Waals surface area contributed by atoms with Gasteiger partial charge in [0.05, 0.1) is 25.7 Å². The number of aliphatic hydroxyl groups excluding tert-OH is 1. The molecule has 1 atom stereocenters. The minimum Gasteiger partial charge on any atom is -0.394 e. The first kappa shape index (κ1) is 17.0. The topological polar surface area (TPSA) is 58.6 Å². The smallest absolute Gasteiger partial charge is 0.227 e. The molecule has 1 unspecified atom stereocenters. The Bertz CT molecular complexity index is 406. The fourth-order valence-corrected chi connectivity index (χ4v) is 2.16. The van der Waals surface area contributed by atoms with E-state index in [0.717, 1.165) is 5.56 Å². The maximum Gasteiger partial charge on any atom is 0.227 e. The summed E-state index contributed by atoms with van der Waals surface area (Å²) in [5, 5.41) is 12.1. The number of carbonyl (C=O) groups excluding carboxylic acids is 1. The van der Waals surface area contributed by atoms with Gasteiger partial charge in [-0.1, -0.05) is 37.6 Å². The van der Waals surface area contributed by atoms with E-state index in [1.807, 2.05) is 26.0 Å². The summed E-state index contributed by atoms with van der Waals surface area (Å²) >= 11 is 5.87. The summed E-state index contributed by atoms with van der Waals surface area (Å²) in [6.07, 6.45) is 0. The van der Waals surface area contributed by atoms with Gasteiger partial charge in [0.2, 0.25) is 5.91 Å². The third-order valence-electron chi connectivity index (χ3n) is 2.96. The first-order chi connectivity index (χ1) is 9.56. The Balaban J connectivity index is 2.57. The SMILES string of the molecule is CC(C)C(C(=O)NCCOCCO)c1ccc(Cl)cc1. The highest BCUT2D eigenvalue weighted by molar-refractivity contribution is 6.30. The second-order valence-corrected chi connectivity index (χ2v) is 5.34. The van der Waals surface area contributed by atoms with E-state index in [1.165, 1.54) is 0 Å². The normalized spacial score (nSPS) is 12.4. The number of rotatable bonds is 8. The number of hydrogen-bond donors (Lipinski definition) is 2. The van der Waals surface area contributed by atoms with Crippen molar-refractivity contribution in [3.8, 4) is 0 Å². The molecule has 5 heteroatoms. The number of nitrogens with one attached hydrogen (secondary N) is 1. The zero-order valence-corrected chi connectivity index (χ0v) is 12.7. The molecule has 0 aromatic heterocycles. The number of benzene rings is 1. The molecule has 0 spiro atoms. The number of hydrogen-bond acceptors (Lipinski definition) is 3. The summed E-state index contributed by atoms with van der Waals surface area (Å²) in [6, 6.07) is 7.36. The van der Waals surface area contributed by atoms with Crippen LogP contribution < -0.4 is 5.32 Å². The van der Waals surface area contributed by atoms with E-state index >= 15 is 0 Å². The van der Waals surface area contributed by atoms with Crippen molar-refractivity contribution in [3.63, 3.8) is 0 Å². The van der Waals surface area contributed by atoms with Gasteiger partial charge in [-0.15, -0.1) is 0 Å². The lowest BCUT2D eigenvalue weighted by Crippen LogP contribution is -2.34. The molecule has 1 aromatic rings. The van der Waals surface area contributed by atoms with Crippen LogP contribution in [0.4, 0.5) is 0 Å². The molecule has 1 amide bonds. The maximum absolute atomic E-state index is 12.3. The van der Waals surface area contributed by atoms with Gasteiger partial charge >= 0.3 is 0 Å². The van der Waals surface area contributed by atoms with Crippen LogP contribution >= 0.6 is 11.6 Å². The lowest BCUT2D eigenvalue weighted by atomic mass is 9.87. The van der Waals surface area contributed by atoms with Gasteiger partial charge < -0.3 is 15.2 Å². The van der Waals surface area contributed by atoms with E-state index in [-0.39, 0.29) is 24.3 Å². The number of ether oxygens (including phenoxy) is 1. The van der Waals surface area contributed by atoms with Crippen LogP contribution in [-0.4, -0.2) is 37.4 Å². The van der Waals surface area contributed by atoms with Crippen LogP contribution in [0.2, 0.25) is 5.02 Å². The monoisotopic (exact) mass is 299 g/mol. The fourth-order valence-electron chi connectivity index (χ4n) is 2.03. The van der Waals surface area contributed by atoms with Crippen molar-refractivity contribution < 1.29 is 14.6 Å². The summed E-state index contributed by atoms with van der Waals surface area (Å²) in [5.74, 6) is -0.0328. The lowest BCUT2D eigenvalue weighted by Gasteiger charge is -2.21. The molecule has 0 saturated carbocycles. The van der Waals surface area contributed by atoms with Crippen LogP contribution in [0.1, 0.15) is 25.3 Å². The highest BCUT2D eigenvalue weighted by Crippen LogP contribution is 2.25. The maximum atomic E-state index is 12.3. The predicted molar refractivity (Wildman–Crippen MR) is 79.9 cm³/mol. The van der Waals surface area contributed by atoms with Gasteiger partial charge in [-0.25, -0.2) is 0 Å². The van der Waals surface area contributed by atoms with E-state index in [0.29, 0.717) is 24.8 Å². The molecule has 0 heterocycles. The molecule has 1 rings (SSSR count). The molecule has 0 saturated heterocycles. The average Bonchev–Trinajstić information content (AvgIpc) is 2.40. The van der Waals surface area contributed by atoms with Crippen LogP contribution in [0.3, 0.4) is 0 Å². The minimum atomic E-state index is -0.204. The molecular formula is C15H22ClNO3. The molecule has 0 aliphatic rings. The van der Waals surface area contributed by atoms with Crippen LogP contribution in [0.25, 0.3) is 0 Å². The molecule has 0 aliphatic carbocycles. The van der Waals surface area contributed by atoms with Crippen molar-refractivity contribution in [2.75, 3.05) is 26.4 Å². The summed E-state index contributed by atoms with van der Waals surface area (Å²) < 4.78 is 5.11. The van der Waals surface area contributed by atoms with Gasteiger partial charge in [0.1, 0.15) is 0 Å². The summed E-state index contributed by atoms with van der Waals surface area (Å²) in [7, 11) is 0. The lowest BCUT2D eigenvalue weighted by molar-refractivity contribution is -0.123. The Morgan fingerprint density at radius 2 is 1.95 bits per heavy atom. The molecule has 112 valence electrons. The zero-order chi connectivity index (χ0) is 15.0. The quantitative estimate of drug-likeness (QED) is 0.724. The van der Waals surface area contributed by atoms with Crippen molar-refractivity contribution in [2.24, 2.45) is 5.92 Å². The second kappa shape index (κ2) is 8.95.